The van der Waals surface area contributed by atoms with E-state index in [0.717, 1.165) is 31.6 Å². The number of nitrogens with two attached hydrogens (primary N) is 1. The first-order valence-corrected chi connectivity index (χ1v) is 7.60. The quantitative estimate of drug-likeness (QED) is 0.821. The predicted molar refractivity (Wildman–Crippen MR) is 74.1 cm³/mol. The van der Waals surface area contributed by atoms with Crippen molar-refractivity contribution in [3.05, 3.63) is 0 Å². The van der Waals surface area contributed by atoms with Crippen LogP contribution >= 0.6 is 0 Å². The second-order valence-electron chi connectivity index (χ2n) is 6.49. The van der Waals surface area contributed by atoms with Gasteiger partial charge in [0, 0.05) is 25.0 Å². The van der Waals surface area contributed by atoms with Crippen LogP contribution in [0.15, 0.2) is 0 Å². The van der Waals surface area contributed by atoms with Crippen molar-refractivity contribution in [3.8, 4) is 0 Å². The third-order valence-electron chi connectivity index (χ3n) is 4.93. The summed E-state index contributed by atoms with van der Waals surface area (Å²) in [5.74, 6) is 1.40. The van der Waals surface area contributed by atoms with Crippen LogP contribution in [0.5, 0.6) is 0 Å². The van der Waals surface area contributed by atoms with E-state index in [9.17, 15) is 4.79 Å². The number of carbonyl (C=O) groups is 1. The van der Waals surface area contributed by atoms with Crippen molar-refractivity contribution in [3.63, 3.8) is 0 Å². The molecule has 0 spiro atoms. The van der Waals surface area contributed by atoms with Gasteiger partial charge in [-0.15, -0.1) is 0 Å². The average molecular weight is 252 g/mol. The van der Waals surface area contributed by atoms with Crippen LogP contribution in [-0.2, 0) is 4.79 Å². The molecule has 2 N–H and O–H groups in total. The summed E-state index contributed by atoms with van der Waals surface area (Å²) in [6.45, 7) is 2.31. The first-order valence-electron chi connectivity index (χ1n) is 7.60. The fourth-order valence-electron chi connectivity index (χ4n) is 3.59. The summed E-state index contributed by atoms with van der Waals surface area (Å²) < 4.78 is 0. The normalized spacial score (nSPS) is 37.3. The van der Waals surface area contributed by atoms with E-state index in [1.54, 1.807) is 0 Å². The zero-order chi connectivity index (χ0) is 13.1. The molecule has 2 fully saturated rings. The lowest BCUT2D eigenvalue weighted by Gasteiger charge is -2.37. The summed E-state index contributed by atoms with van der Waals surface area (Å²) >= 11 is 0. The standard InChI is InChI=1S/C15H28N2O/c1-11-4-3-5-14(10-11)17(2)15(18)12-6-8-13(16)9-7-12/h11-14H,3-10,16H2,1-2H3. The van der Waals surface area contributed by atoms with Gasteiger partial charge in [-0.2, -0.15) is 0 Å². The summed E-state index contributed by atoms with van der Waals surface area (Å²) in [6.07, 6.45) is 9.01. The molecule has 3 heteroatoms. The van der Waals surface area contributed by atoms with Gasteiger partial charge >= 0.3 is 0 Å². The van der Waals surface area contributed by atoms with E-state index in [2.05, 4.69) is 11.8 Å². The van der Waals surface area contributed by atoms with Gasteiger partial charge in [0.1, 0.15) is 0 Å². The second kappa shape index (κ2) is 6.05. The SMILES string of the molecule is CC1CCCC(N(C)C(=O)C2CCC(N)CC2)C1. The molecule has 0 aromatic rings. The fraction of sp³-hybridized carbons (Fsp3) is 0.933. The van der Waals surface area contributed by atoms with E-state index < -0.39 is 0 Å². The first-order chi connectivity index (χ1) is 8.58. The molecule has 0 bridgehead atoms. The van der Waals surface area contributed by atoms with Gasteiger partial charge in [0.2, 0.25) is 5.91 Å². The van der Waals surface area contributed by atoms with E-state index in [0.29, 0.717) is 18.0 Å². The van der Waals surface area contributed by atoms with Crippen molar-refractivity contribution in [1.29, 1.82) is 0 Å². The zero-order valence-corrected chi connectivity index (χ0v) is 11.9. The lowest BCUT2D eigenvalue weighted by Crippen LogP contribution is -2.44. The minimum atomic E-state index is 0.243. The minimum absolute atomic E-state index is 0.243. The van der Waals surface area contributed by atoms with Crippen molar-refractivity contribution in [2.45, 2.75) is 70.4 Å². The summed E-state index contributed by atoms with van der Waals surface area (Å²) in [6, 6.07) is 0.811. The Morgan fingerprint density at radius 1 is 1.11 bits per heavy atom. The van der Waals surface area contributed by atoms with Crippen LogP contribution in [0.25, 0.3) is 0 Å². The Morgan fingerprint density at radius 3 is 2.39 bits per heavy atom. The van der Waals surface area contributed by atoms with Crippen LogP contribution in [0.4, 0.5) is 0 Å². The first kappa shape index (κ1) is 13.9. The van der Waals surface area contributed by atoms with Gasteiger partial charge in [-0.3, -0.25) is 4.79 Å². The number of hydrogen-bond acceptors (Lipinski definition) is 2. The maximum atomic E-state index is 12.5. The molecule has 3 nitrogen and oxygen atoms in total. The molecule has 0 radical (unpaired) electrons. The van der Waals surface area contributed by atoms with E-state index in [4.69, 9.17) is 5.73 Å². The molecular weight excluding hydrogens is 224 g/mol. The van der Waals surface area contributed by atoms with Gasteiger partial charge in [-0.25, -0.2) is 0 Å². The molecule has 1 amide bonds. The van der Waals surface area contributed by atoms with Crippen LogP contribution in [0.1, 0.15) is 58.3 Å². The molecule has 0 aromatic heterocycles. The predicted octanol–water partition coefficient (Wildman–Crippen LogP) is 2.54. The number of rotatable bonds is 2. The molecule has 2 unspecified atom stereocenters. The van der Waals surface area contributed by atoms with Crippen LogP contribution < -0.4 is 5.73 Å². The highest BCUT2D eigenvalue weighted by atomic mass is 16.2. The third-order valence-corrected chi connectivity index (χ3v) is 4.93. The molecule has 0 heterocycles. The zero-order valence-electron chi connectivity index (χ0n) is 11.9. The Labute approximate surface area is 111 Å². The number of amides is 1. The molecule has 18 heavy (non-hydrogen) atoms. The minimum Gasteiger partial charge on any atom is -0.343 e. The van der Waals surface area contributed by atoms with Crippen LogP contribution in [0.2, 0.25) is 0 Å². The van der Waals surface area contributed by atoms with Crippen molar-refractivity contribution in [2.75, 3.05) is 7.05 Å². The Kier molecular flexibility index (Phi) is 4.66. The van der Waals surface area contributed by atoms with Gasteiger partial charge in [0.15, 0.2) is 0 Å². The smallest absolute Gasteiger partial charge is 0.225 e. The van der Waals surface area contributed by atoms with Crippen LogP contribution in [0.3, 0.4) is 0 Å². The molecular formula is C15H28N2O. The average Bonchev–Trinajstić information content (AvgIpc) is 2.38. The second-order valence-corrected chi connectivity index (χ2v) is 6.49. The lowest BCUT2D eigenvalue weighted by atomic mass is 9.83. The fourth-order valence-corrected chi connectivity index (χ4v) is 3.59. The molecule has 0 aromatic carbocycles. The Morgan fingerprint density at radius 2 is 1.78 bits per heavy atom. The van der Waals surface area contributed by atoms with E-state index in [1.807, 2.05) is 7.05 Å². The molecule has 0 saturated heterocycles. The molecule has 0 aliphatic heterocycles. The van der Waals surface area contributed by atoms with Crippen LogP contribution in [0, 0.1) is 11.8 Å². The van der Waals surface area contributed by atoms with Gasteiger partial charge in [-0.1, -0.05) is 19.8 Å². The summed E-state index contributed by atoms with van der Waals surface area (Å²) in [7, 11) is 2.01. The molecule has 104 valence electrons. The number of carbonyl (C=O) groups excluding carboxylic acids is 1. The summed E-state index contributed by atoms with van der Waals surface area (Å²) in [4.78, 5) is 14.5. The van der Waals surface area contributed by atoms with E-state index in [-0.39, 0.29) is 5.92 Å². The highest BCUT2D eigenvalue weighted by Gasteiger charge is 2.31. The molecule has 2 aliphatic rings. The molecule has 2 saturated carbocycles. The Hall–Kier alpha value is -0.570. The number of nitrogens with zero attached hydrogens (tertiary/aromatic N) is 1. The highest BCUT2D eigenvalue weighted by Crippen LogP contribution is 2.30. The Bertz CT molecular complexity index is 284. The summed E-state index contributed by atoms with van der Waals surface area (Å²) in [5, 5.41) is 0. The van der Waals surface area contributed by atoms with E-state index >= 15 is 0 Å². The van der Waals surface area contributed by atoms with Gasteiger partial charge in [0.05, 0.1) is 0 Å². The van der Waals surface area contributed by atoms with Crippen molar-refractivity contribution < 1.29 is 4.79 Å². The molecule has 2 atom stereocenters. The van der Waals surface area contributed by atoms with Crippen LogP contribution in [-0.4, -0.2) is 29.9 Å². The largest absolute Gasteiger partial charge is 0.343 e. The monoisotopic (exact) mass is 252 g/mol. The third kappa shape index (κ3) is 3.25. The number of hydrogen-bond donors (Lipinski definition) is 1. The van der Waals surface area contributed by atoms with E-state index in [1.165, 1.54) is 25.7 Å². The van der Waals surface area contributed by atoms with Gasteiger partial charge in [-0.05, 0) is 44.4 Å². The Balaban J connectivity index is 1.87. The highest BCUT2D eigenvalue weighted by molar-refractivity contribution is 5.79. The van der Waals surface area contributed by atoms with Crippen molar-refractivity contribution >= 4 is 5.91 Å². The van der Waals surface area contributed by atoms with Gasteiger partial charge in [0.25, 0.3) is 0 Å². The maximum Gasteiger partial charge on any atom is 0.225 e. The summed E-state index contributed by atoms with van der Waals surface area (Å²) in [5.41, 5.74) is 5.91. The topological polar surface area (TPSA) is 46.3 Å². The maximum absolute atomic E-state index is 12.5. The van der Waals surface area contributed by atoms with Crippen molar-refractivity contribution in [2.24, 2.45) is 17.6 Å². The van der Waals surface area contributed by atoms with Crippen molar-refractivity contribution in [1.82, 2.24) is 4.90 Å². The lowest BCUT2D eigenvalue weighted by molar-refractivity contribution is -0.138. The van der Waals surface area contributed by atoms with Gasteiger partial charge < -0.3 is 10.6 Å². The molecule has 2 aliphatic carbocycles. The molecule has 2 rings (SSSR count).